The molecule has 0 aromatic heterocycles. The highest BCUT2D eigenvalue weighted by molar-refractivity contribution is 5.76. The van der Waals surface area contributed by atoms with Crippen LogP contribution < -0.4 is 0 Å². The van der Waals surface area contributed by atoms with E-state index in [9.17, 15) is 9.90 Å². The molecule has 3 nitrogen and oxygen atoms in total. The lowest BCUT2D eigenvalue weighted by Crippen LogP contribution is -2.45. The molecule has 1 amide bonds. The fourth-order valence-corrected chi connectivity index (χ4v) is 4.12. The summed E-state index contributed by atoms with van der Waals surface area (Å²) < 4.78 is 0. The van der Waals surface area contributed by atoms with Gasteiger partial charge in [-0.1, -0.05) is 62.4 Å². The lowest BCUT2D eigenvalue weighted by Gasteiger charge is -2.38. The molecular formula is C20H29NO2. The Balaban J connectivity index is 1.47. The van der Waals surface area contributed by atoms with Gasteiger partial charge in [0.1, 0.15) is 0 Å². The third-order valence-electron chi connectivity index (χ3n) is 5.75. The van der Waals surface area contributed by atoms with Crippen molar-refractivity contribution in [2.75, 3.05) is 13.1 Å². The highest BCUT2D eigenvalue weighted by Gasteiger charge is 2.35. The molecule has 2 aliphatic rings. The fraction of sp³-hybridized carbons (Fsp3) is 0.650. The smallest absolute Gasteiger partial charge is 0.222 e. The van der Waals surface area contributed by atoms with E-state index >= 15 is 0 Å². The van der Waals surface area contributed by atoms with Crippen molar-refractivity contribution in [1.29, 1.82) is 0 Å². The number of rotatable bonds is 4. The van der Waals surface area contributed by atoms with Crippen LogP contribution in [0.1, 0.15) is 63.4 Å². The van der Waals surface area contributed by atoms with Crippen LogP contribution in [0.5, 0.6) is 0 Å². The van der Waals surface area contributed by atoms with Crippen molar-refractivity contribution in [2.24, 2.45) is 5.92 Å². The zero-order chi connectivity index (χ0) is 16.1. The summed E-state index contributed by atoms with van der Waals surface area (Å²) in [5, 5.41) is 10.8. The second kappa shape index (κ2) is 7.48. The SMILES string of the molecule is O=C(CCC1CCCCC1)N1CCC(O)(c2ccccc2)CC1. The highest BCUT2D eigenvalue weighted by Crippen LogP contribution is 2.33. The van der Waals surface area contributed by atoms with Gasteiger partial charge < -0.3 is 10.0 Å². The topological polar surface area (TPSA) is 40.5 Å². The molecule has 0 atom stereocenters. The summed E-state index contributed by atoms with van der Waals surface area (Å²) >= 11 is 0. The predicted molar refractivity (Wildman–Crippen MR) is 92.0 cm³/mol. The number of benzene rings is 1. The lowest BCUT2D eigenvalue weighted by atomic mass is 9.84. The Hall–Kier alpha value is -1.35. The molecule has 1 aromatic rings. The number of amides is 1. The highest BCUT2D eigenvalue weighted by atomic mass is 16.3. The second-order valence-electron chi connectivity index (χ2n) is 7.32. The van der Waals surface area contributed by atoms with Crippen molar-refractivity contribution in [3.8, 4) is 0 Å². The van der Waals surface area contributed by atoms with E-state index in [1.807, 2.05) is 35.2 Å². The van der Waals surface area contributed by atoms with Crippen LogP contribution in [0, 0.1) is 5.92 Å². The molecule has 3 rings (SSSR count). The molecule has 0 bridgehead atoms. The minimum atomic E-state index is -0.762. The van der Waals surface area contributed by atoms with E-state index in [0.717, 1.165) is 17.9 Å². The van der Waals surface area contributed by atoms with E-state index in [-0.39, 0.29) is 5.91 Å². The molecule has 0 radical (unpaired) electrons. The van der Waals surface area contributed by atoms with Gasteiger partial charge >= 0.3 is 0 Å². The van der Waals surface area contributed by atoms with Crippen molar-refractivity contribution < 1.29 is 9.90 Å². The zero-order valence-corrected chi connectivity index (χ0v) is 14.0. The molecule has 1 aliphatic heterocycles. The molecule has 126 valence electrons. The van der Waals surface area contributed by atoms with E-state index < -0.39 is 5.60 Å². The molecule has 0 unspecified atom stereocenters. The predicted octanol–water partition coefficient (Wildman–Crippen LogP) is 3.86. The molecular weight excluding hydrogens is 286 g/mol. The number of aliphatic hydroxyl groups is 1. The Morgan fingerprint density at radius 1 is 1.09 bits per heavy atom. The average molecular weight is 315 g/mol. The molecule has 1 aromatic carbocycles. The molecule has 1 heterocycles. The molecule has 1 aliphatic carbocycles. The van der Waals surface area contributed by atoms with E-state index in [0.29, 0.717) is 32.4 Å². The molecule has 3 heteroatoms. The Kier molecular flexibility index (Phi) is 5.37. The number of likely N-dealkylation sites (tertiary alicyclic amines) is 1. The van der Waals surface area contributed by atoms with Gasteiger partial charge in [-0.3, -0.25) is 4.79 Å². The minimum absolute atomic E-state index is 0.283. The summed E-state index contributed by atoms with van der Waals surface area (Å²) in [5.74, 6) is 1.05. The monoisotopic (exact) mass is 315 g/mol. The van der Waals surface area contributed by atoms with Crippen molar-refractivity contribution in [3.05, 3.63) is 35.9 Å². The quantitative estimate of drug-likeness (QED) is 0.916. The van der Waals surface area contributed by atoms with Gasteiger partial charge in [-0.2, -0.15) is 0 Å². The van der Waals surface area contributed by atoms with Crippen LogP contribution in [0.4, 0.5) is 0 Å². The number of piperidine rings is 1. The molecule has 1 N–H and O–H groups in total. The largest absolute Gasteiger partial charge is 0.385 e. The third kappa shape index (κ3) is 4.14. The first-order chi connectivity index (χ1) is 11.2. The van der Waals surface area contributed by atoms with Gasteiger partial charge in [-0.25, -0.2) is 0 Å². The lowest BCUT2D eigenvalue weighted by molar-refractivity contribution is -0.136. The molecule has 2 fully saturated rings. The van der Waals surface area contributed by atoms with Gasteiger partial charge in [0, 0.05) is 19.5 Å². The van der Waals surface area contributed by atoms with Crippen LogP contribution >= 0.6 is 0 Å². The van der Waals surface area contributed by atoms with Crippen LogP contribution in [0.15, 0.2) is 30.3 Å². The van der Waals surface area contributed by atoms with Gasteiger partial charge in [0.05, 0.1) is 5.60 Å². The van der Waals surface area contributed by atoms with Crippen LogP contribution in [0.3, 0.4) is 0 Å². The molecule has 23 heavy (non-hydrogen) atoms. The maximum atomic E-state index is 12.4. The van der Waals surface area contributed by atoms with Crippen molar-refractivity contribution in [2.45, 2.75) is 63.4 Å². The maximum Gasteiger partial charge on any atom is 0.222 e. The second-order valence-corrected chi connectivity index (χ2v) is 7.32. The number of hydrogen-bond acceptors (Lipinski definition) is 2. The Bertz CT molecular complexity index is 500. The molecule has 1 saturated carbocycles. The fourth-order valence-electron chi connectivity index (χ4n) is 4.12. The van der Waals surface area contributed by atoms with Crippen LogP contribution in [-0.2, 0) is 10.4 Å². The first-order valence-electron chi connectivity index (χ1n) is 9.23. The van der Waals surface area contributed by atoms with Crippen LogP contribution in [0.2, 0.25) is 0 Å². The van der Waals surface area contributed by atoms with Gasteiger partial charge in [0.25, 0.3) is 0 Å². The summed E-state index contributed by atoms with van der Waals surface area (Å²) in [6.45, 7) is 1.35. The maximum absolute atomic E-state index is 12.4. The van der Waals surface area contributed by atoms with Crippen molar-refractivity contribution in [1.82, 2.24) is 4.90 Å². The third-order valence-corrected chi connectivity index (χ3v) is 5.75. The summed E-state index contributed by atoms with van der Waals surface area (Å²) in [4.78, 5) is 14.4. The van der Waals surface area contributed by atoms with E-state index in [4.69, 9.17) is 0 Å². The van der Waals surface area contributed by atoms with Crippen molar-refractivity contribution >= 4 is 5.91 Å². The first-order valence-corrected chi connectivity index (χ1v) is 9.23. The number of nitrogens with zero attached hydrogens (tertiary/aromatic N) is 1. The Morgan fingerprint density at radius 3 is 2.39 bits per heavy atom. The number of hydrogen-bond donors (Lipinski definition) is 1. The van der Waals surface area contributed by atoms with Crippen LogP contribution in [-0.4, -0.2) is 29.0 Å². The molecule has 0 spiro atoms. The van der Waals surface area contributed by atoms with Crippen LogP contribution in [0.25, 0.3) is 0 Å². The Morgan fingerprint density at radius 2 is 1.74 bits per heavy atom. The normalized spacial score (nSPS) is 22.0. The van der Waals surface area contributed by atoms with Gasteiger partial charge in [-0.15, -0.1) is 0 Å². The number of carbonyl (C=O) groups excluding carboxylic acids is 1. The van der Waals surface area contributed by atoms with E-state index in [1.54, 1.807) is 0 Å². The van der Waals surface area contributed by atoms with E-state index in [1.165, 1.54) is 32.1 Å². The Labute approximate surface area is 139 Å². The van der Waals surface area contributed by atoms with Gasteiger partial charge in [0.15, 0.2) is 0 Å². The van der Waals surface area contributed by atoms with Gasteiger partial charge in [0.2, 0.25) is 5.91 Å². The minimum Gasteiger partial charge on any atom is -0.385 e. The van der Waals surface area contributed by atoms with Crippen molar-refractivity contribution in [3.63, 3.8) is 0 Å². The average Bonchev–Trinajstić information content (AvgIpc) is 2.62. The van der Waals surface area contributed by atoms with E-state index in [2.05, 4.69) is 0 Å². The summed E-state index contributed by atoms with van der Waals surface area (Å²) in [6.07, 6.45) is 9.70. The first kappa shape index (κ1) is 16.5. The standard InChI is InChI=1S/C20H29NO2/c22-19(12-11-17-7-3-1-4-8-17)21-15-13-20(23,14-16-21)18-9-5-2-6-10-18/h2,5-6,9-10,17,23H,1,3-4,7-8,11-16H2. The summed E-state index contributed by atoms with van der Waals surface area (Å²) in [5.41, 5.74) is 0.218. The van der Waals surface area contributed by atoms with Gasteiger partial charge in [-0.05, 0) is 30.7 Å². The number of carbonyl (C=O) groups is 1. The molecule has 1 saturated heterocycles. The zero-order valence-electron chi connectivity index (χ0n) is 14.0. The summed E-state index contributed by atoms with van der Waals surface area (Å²) in [6, 6.07) is 9.88. The summed E-state index contributed by atoms with van der Waals surface area (Å²) in [7, 11) is 0.